The number of carbonyl (C=O) groups excluding carboxylic acids is 3. The normalized spacial score (nSPS) is 15.1. The van der Waals surface area contributed by atoms with Crippen LogP contribution in [0.2, 0.25) is 0 Å². The van der Waals surface area contributed by atoms with Gasteiger partial charge in [-0.2, -0.15) is 0 Å². The van der Waals surface area contributed by atoms with E-state index in [4.69, 9.17) is 9.52 Å². The molecule has 0 saturated carbocycles. The molecule has 2 heterocycles. The molecule has 3 N–H and O–H groups in total. The lowest BCUT2D eigenvalue weighted by Crippen LogP contribution is -2.32. The van der Waals surface area contributed by atoms with Crippen LogP contribution in [0.1, 0.15) is 41.7 Å². The molecule has 36 heavy (non-hydrogen) atoms. The Morgan fingerprint density at radius 3 is 2.58 bits per heavy atom. The molecule has 10 heteroatoms. The minimum atomic E-state index is -0.950. The first-order valence-electron chi connectivity index (χ1n) is 11.5. The lowest BCUT2D eigenvalue weighted by Gasteiger charge is -2.21. The van der Waals surface area contributed by atoms with Crippen LogP contribution in [0.5, 0.6) is 0 Å². The third-order valence-electron chi connectivity index (χ3n) is 5.87. The Morgan fingerprint density at radius 2 is 1.86 bits per heavy atom. The van der Waals surface area contributed by atoms with Crippen LogP contribution >= 0.6 is 0 Å². The number of amides is 3. The van der Waals surface area contributed by atoms with Crippen LogP contribution < -0.4 is 10.6 Å². The van der Waals surface area contributed by atoms with E-state index >= 15 is 0 Å². The van der Waals surface area contributed by atoms with E-state index in [-0.39, 0.29) is 55.8 Å². The van der Waals surface area contributed by atoms with Crippen molar-refractivity contribution in [2.45, 2.75) is 38.6 Å². The van der Waals surface area contributed by atoms with Crippen molar-refractivity contribution >= 4 is 35.1 Å². The Labute approximate surface area is 207 Å². The van der Waals surface area contributed by atoms with E-state index in [0.717, 1.165) is 11.1 Å². The Balaban J connectivity index is 1.35. The maximum atomic E-state index is 13.0. The highest BCUT2D eigenvalue weighted by atomic mass is 16.4. The highest BCUT2D eigenvalue weighted by molar-refractivity contribution is 6.00. The fourth-order valence-corrected chi connectivity index (χ4v) is 3.98. The molecule has 2 aromatic carbocycles. The van der Waals surface area contributed by atoms with Crippen molar-refractivity contribution in [1.29, 1.82) is 0 Å². The van der Waals surface area contributed by atoms with E-state index in [1.165, 1.54) is 11.1 Å². The van der Waals surface area contributed by atoms with E-state index in [0.29, 0.717) is 17.1 Å². The summed E-state index contributed by atoms with van der Waals surface area (Å²) in [6, 6.07) is 13.3. The summed E-state index contributed by atoms with van der Waals surface area (Å²) in [6.07, 6.45) is 1.68. The molecule has 1 aromatic heterocycles. The number of oxazole rings is 1. The van der Waals surface area contributed by atoms with Crippen LogP contribution in [0, 0.1) is 6.92 Å². The second kappa shape index (κ2) is 10.9. The molecule has 186 valence electrons. The zero-order valence-electron chi connectivity index (χ0n) is 19.7. The summed E-state index contributed by atoms with van der Waals surface area (Å²) < 4.78 is 5.63. The van der Waals surface area contributed by atoms with Gasteiger partial charge in [0.05, 0.1) is 25.6 Å². The number of hydrogen-bond donors (Lipinski definition) is 3. The quantitative estimate of drug-likeness (QED) is 0.437. The minimum absolute atomic E-state index is 0.0327. The molecular formula is C26H26N4O6. The van der Waals surface area contributed by atoms with Crippen LogP contribution in [0.15, 0.2) is 59.1 Å². The van der Waals surface area contributed by atoms with Crippen molar-refractivity contribution in [2.75, 3.05) is 17.2 Å². The average Bonchev–Trinajstić information content (AvgIpc) is 3.47. The van der Waals surface area contributed by atoms with Crippen molar-refractivity contribution < 1.29 is 28.7 Å². The van der Waals surface area contributed by atoms with Crippen LogP contribution in [0.25, 0.3) is 0 Å². The van der Waals surface area contributed by atoms with Gasteiger partial charge < -0.3 is 25.1 Å². The molecule has 10 nitrogen and oxygen atoms in total. The molecule has 1 saturated heterocycles. The van der Waals surface area contributed by atoms with Crippen LogP contribution in [-0.2, 0) is 27.2 Å². The van der Waals surface area contributed by atoms with Gasteiger partial charge in [0.15, 0.2) is 5.78 Å². The first-order chi connectivity index (χ1) is 17.3. The zero-order valence-corrected chi connectivity index (χ0v) is 19.7. The molecule has 0 aliphatic carbocycles. The van der Waals surface area contributed by atoms with E-state index < -0.39 is 12.0 Å². The monoisotopic (exact) mass is 490 g/mol. The van der Waals surface area contributed by atoms with Crippen LogP contribution in [0.4, 0.5) is 16.2 Å². The fourth-order valence-electron chi connectivity index (χ4n) is 3.98. The molecular weight excluding hydrogens is 464 g/mol. The number of hydrogen-bond acceptors (Lipinski definition) is 6. The first kappa shape index (κ1) is 24.6. The topological polar surface area (TPSA) is 142 Å². The number of aromatic nitrogens is 1. The molecule has 1 atom stereocenters. The second-order valence-corrected chi connectivity index (χ2v) is 8.61. The summed E-state index contributed by atoms with van der Waals surface area (Å²) >= 11 is 0. The van der Waals surface area contributed by atoms with Crippen molar-refractivity contribution in [3.05, 3.63) is 77.5 Å². The molecule has 1 aliphatic rings. The molecule has 0 radical (unpaired) electrons. The Morgan fingerprint density at radius 1 is 1.11 bits per heavy atom. The standard InChI is InChI=1S/C26H26N4O6/c1-16-4-2-3-5-21(16)29-26(35)28-18-8-6-17(7-9-18)12-23(32)30-15-19(31)13-22(30)25-27-14-20(36-25)10-11-24(33)34/h2-9,14,22H,10-13,15H2,1H3,(H,33,34)(H2,28,29,35). The smallest absolute Gasteiger partial charge is 0.323 e. The van der Waals surface area contributed by atoms with Gasteiger partial charge in [-0.15, -0.1) is 0 Å². The van der Waals surface area contributed by atoms with Gasteiger partial charge in [-0.3, -0.25) is 14.4 Å². The van der Waals surface area contributed by atoms with Gasteiger partial charge in [-0.05, 0) is 36.2 Å². The summed E-state index contributed by atoms with van der Waals surface area (Å²) in [5.41, 5.74) is 2.95. The van der Waals surface area contributed by atoms with E-state index in [1.54, 1.807) is 24.3 Å². The molecule has 0 bridgehead atoms. The van der Waals surface area contributed by atoms with Gasteiger partial charge in [-0.1, -0.05) is 30.3 Å². The minimum Gasteiger partial charge on any atom is -0.481 e. The number of aliphatic carboxylic acids is 1. The number of nitrogens with one attached hydrogen (secondary N) is 2. The SMILES string of the molecule is Cc1ccccc1NC(=O)Nc1ccc(CC(=O)N2CC(=O)CC2c2ncc(CCC(=O)O)o2)cc1. The molecule has 1 aliphatic heterocycles. The lowest BCUT2D eigenvalue weighted by molar-refractivity contribution is -0.137. The van der Waals surface area contributed by atoms with Gasteiger partial charge in [-0.25, -0.2) is 9.78 Å². The summed E-state index contributed by atoms with van der Waals surface area (Å²) in [5, 5.41) is 14.4. The highest BCUT2D eigenvalue weighted by Crippen LogP contribution is 2.31. The Hall–Kier alpha value is -4.47. The van der Waals surface area contributed by atoms with Crippen molar-refractivity contribution in [1.82, 2.24) is 9.88 Å². The van der Waals surface area contributed by atoms with Crippen molar-refractivity contribution in [2.24, 2.45) is 0 Å². The molecule has 4 rings (SSSR count). The zero-order chi connectivity index (χ0) is 25.7. The third kappa shape index (κ3) is 6.15. The molecule has 3 amide bonds. The van der Waals surface area contributed by atoms with Gasteiger partial charge in [0.1, 0.15) is 11.8 Å². The third-order valence-corrected chi connectivity index (χ3v) is 5.87. The number of para-hydroxylation sites is 1. The summed E-state index contributed by atoms with van der Waals surface area (Å²) in [5.74, 6) is -0.677. The maximum absolute atomic E-state index is 13.0. The molecule has 1 fully saturated rings. The number of carboxylic acids is 1. The number of aryl methyl sites for hydroxylation is 2. The van der Waals surface area contributed by atoms with E-state index in [9.17, 15) is 19.2 Å². The number of carboxylic acid groups (broad SMARTS) is 1. The van der Waals surface area contributed by atoms with Crippen molar-refractivity contribution in [3.63, 3.8) is 0 Å². The fraction of sp³-hybridized carbons (Fsp3) is 0.269. The van der Waals surface area contributed by atoms with E-state index in [2.05, 4.69) is 15.6 Å². The summed E-state index contributed by atoms with van der Waals surface area (Å²) in [7, 11) is 0. The maximum Gasteiger partial charge on any atom is 0.323 e. The van der Waals surface area contributed by atoms with Crippen molar-refractivity contribution in [3.8, 4) is 0 Å². The number of rotatable bonds is 8. The highest BCUT2D eigenvalue weighted by Gasteiger charge is 2.37. The number of carbonyl (C=O) groups is 4. The second-order valence-electron chi connectivity index (χ2n) is 8.61. The lowest BCUT2D eigenvalue weighted by atomic mass is 10.1. The summed E-state index contributed by atoms with van der Waals surface area (Å²) in [6.45, 7) is 1.87. The summed E-state index contributed by atoms with van der Waals surface area (Å²) in [4.78, 5) is 53.8. The number of nitrogens with zero attached hydrogens (tertiary/aromatic N) is 2. The number of benzene rings is 2. The van der Waals surface area contributed by atoms with Gasteiger partial charge >= 0.3 is 12.0 Å². The number of urea groups is 1. The van der Waals surface area contributed by atoms with Crippen LogP contribution in [-0.4, -0.2) is 45.2 Å². The van der Waals surface area contributed by atoms with Gasteiger partial charge in [0, 0.05) is 24.2 Å². The van der Waals surface area contributed by atoms with E-state index in [1.807, 2.05) is 31.2 Å². The largest absolute Gasteiger partial charge is 0.481 e. The molecule has 0 spiro atoms. The molecule has 1 unspecified atom stereocenters. The average molecular weight is 491 g/mol. The number of Topliss-reactive ketones (excluding diaryl/α,β-unsaturated/α-hetero) is 1. The first-order valence-corrected chi connectivity index (χ1v) is 11.5. The van der Waals surface area contributed by atoms with Gasteiger partial charge in [0.25, 0.3) is 0 Å². The molecule has 3 aromatic rings. The van der Waals surface area contributed by atoms with Gasteiger partial charge in [0.2, 0.25) is 11.8 Å². The van der Waals surface area contributed by atoms with Crippen LogP contribution in [0.3, 0.4) is 0 Å². The Kier molecular flexibility index (Phi) is 7.43. The number of ketones is 1. The predicted molar refractivity (Wildman–Crippen MR) is 131 cm³/mol. The Bertz CT molecular complexity index is 1280. The number of anilines is 2. The number of likely N-dealkylation sites (tertiary alicyclic amines) is 1. The predicted octanol–water partition coefficient (Wildman–Crippen LogP) is 3.73.